The van der Waals surface area contributed by atoms with Gasteiger partial charge in [-0.05, 0) is 25.5 Å². The number of benzene rings is 1. The number of aliphatic hydroxyl groups is 1. The molecule has 19 heavy (non-hydrogen) atoms. The number of hydrogen-bond donors (Lipinski definition) is 2. The summed E-state index contributed by atoms with van der Waals surface area (Å²) in [4.78, 5) is 11.6. The lowest BCUT2D eigenvalue weighted by atomic mass is 9.95. The van der Waals surface area contributed by atoms with Crippen LogP contribution in [0.15, 0.2) is 18.2 Å². The van der Waals surface area contributed by atoms with Crippen molar-refractivity contribution in [2.45, 2.75) is 27.7 Å². The summed E-state index contributed by atoms with van der Waals surface area (Å²) in [6.45, 7) is 8.20. The molecule has 4 heteroatoms. The second kappa shape index (κ2) is 6.57. The Bertz CT molecular complexity index is 441. The third-order valence-electron chi connectivity index (χ3n) is 2.88. The lowest BCUT2D eigenvalue weighted by molar-refractivity contribution is -0.123. The molecule has 0 aliphatic rings. The summed E-state index contributed by atoms with van der Waals surface area (Å²) in [5, 5.41) is 11.8. The van der Waals surface area contributed by atoms with E-state index in [1.165, 1.54) is 5.56 Å². The molecule has 0 unspecified atom stereocenters. The molecule has 1 aromatic rings. The van der Waals surface area contributed by atoms with Crippen LogP contribution in [0.4, 0.5) is 0 Å². The van der Waals surface area contributed by atoms with Gasteiger partial charge < -0.3 is 15.2 Å². The highest BCUT2D eigenvalue weighted by molar-refractivity contribution is 5.77. The van der Waals surface area contributed by atoms with Crippen LogP contribution in [0, 0.1) is 19.3 Å². The van der Waals surface area contributed by atoms with Crippen molar-refractivity contribution in [1.82, 2.24) is 5.32 Å². The third-order valence-corrected chi connectivity index (χ3v) is 2.88. The van der Waals surface area contributed by atoms with Gasteiger partial charge in [-0.15, -0.1) is 0 Å². The molecule has 1 rings (SSSR count). The number of nitrogens with one attached hydrogen (secondary N) is 1. The predicted molar refractivity (Wildman–Crippen MR) is 75.3 cm³/mol. The zero-order valence-corrected chi connectivity index (χ0v) is 12.1. The Morgan fingerprint density at radius 3 is 2.63 bits per heavy atom. The van der Waals surface area contributed by atoms with E-state index >= 15 is 0 Å². The van der Waals surface area contributed by atoms with Gasteiger partial charge in [-0.3, -0.25) is 4.79 Å². The summed E-state index contributed by atoms with van der Waals surface area (Å²) in [7, 11) is 0. The number of aliphatic hydroxyl groups excluding tert-OH is 1. The van der Waals surface area contributed by atoms with Crippen LogP contribution in [0.3, 0.4) is 0 Å². The van der Waals surface area contributed by atoms with E-state index < -0.39 is 0 Å². The van der Waals surface area contributed by atoms with E-state index in [0.717, 1.165) is 11.3 Å². The van der Waals surface area contributed by atoms with E-state index in [9.17, 15) is 4.79 Å². The zero-order chi connectivity index (χ0) is 14.5. The van der Waals surface area contributed by atoms with Crippen LogP contribution < -0.4 is 10.1 Å². The molecule has 106 valence electrons. The third kappa shape index (κ3) is 5.30. The monoisotopic (exact) mass is 265 g/mol. The molecule has 0 spiro atoms. The fourth-order valence-corrected chi connectivity index (χ4v) is 1.55. The number of aryl methyl sites for hydroxylation is 2. The first-order valence-electron chi connectivity index (χ1n) is 6.42. The molecule has 1 amide bonds. The molecule has 0 bridgehead atoms. The molecule has 0 aromatic heterocycles. The van der Waals surface area contributed by atoms with Crippen molar-refractivity contribution in [3.63, 3.8) is 0 Å². The molecule has 0 heterocycles. The maximum absolute atomic E-state index is 11.6. The second-order valence-electron chi connectivity index (χ2n) is 5.66. The largest absolute Gasteiger partial charge is 0.484 e. The van der Waals surface area contributed by atoms with Gasteiger partial charge in [-0.25, -0.2) is 0 Å². The maximum Gasteiger partial charge on any atom is 0.257 e. The van der Waals surface area contributed by atoms with E-state index in [1.54, 1.807) is 0 Å². The molecule has 0 aliphatic carbocycles. The normalized spacial score (nSPS) is 11.2. The van der Waals surface area contributed by atoms with Gasteiger partial charge in [0.2, 0.25) is 0 Å². The zero-order valence-electron chi connectivity index (χ0n) is 12.1. The first-order valence-corrected chi connectivity index (χ1v) is 6.42. The summed E-state index contributed by atoms with van der Waals surface area (Å²) in [5.41, 5.74) is 1.87. The Morgan fingerprint density at radius 2 is 2.05 bits per heavy atom. The van der Waals surface area contributed by atoms with Gasteiger partial charge in [0.1, 0.15) is 5.75 Å². The highest BCUT2D eigenvalue weighted by Gasteiger charge is 2.17. The van der Waals surface area contributed by atoms with Crippen molar-refractivity contribution >= 4 is 5.91 Å². The number of carbonyl (C=O) groups is 1. The maximum atomic E-state index is 11.6. The molecule has 0 aliphatic heterocycles. The quantitative estimate of drug-likeness (QED) is 0.825. The fraction of sp³-hybridized carbons (Fsp3) is 0.533. The Hall–Kier alpha value is -1.55. The predicted octanol–water partition coefficient (Wildman–Crippen LogP) is 1.82. The molecule has 0 atom stereocenters. The number of ether oxygens (including phenoxy) is 1. The van der Waals surface area contributed by atoms with Crippen molar-refractivity contribution in [3.05, 3.63) is 29.3 Å². The average Bonchev–Trinajstić information content (AvgIpc) is 2.35. The van der Waals surface area contributed by atoms with Crippen molar-refractivity contribution in [1.29, 1.82) is 0 Å². The van der Waals surface area contributed by atoms with E-state index in [2.05, 4.69) is 5.32 Å². The minimum Gasteiger partial charge on any atom is -0.484 e. The van der Waals surface area contributed by atoms with Crippen molar-refractivity contribution < 1.29 is 14.6 Å². The van der Waals surface area contributed by atoms with Crippen LogP contribution in [0.5, 0.6) is 5.75 Å². The number of carbonyl (C=O) groups excluding carboxylic acids is 1. The van der Waals surface area contributed by atoms with Crippen LogP contribution in [0.1, 0.15) is 25.0 Å². The van der Waals surface area contributed by atoms with Gasteiger partial charge in [0.05, 0.1) is 0 Å². The topological polar surface area (TPSA) is 58.6 Å². The molecule has 0 saturated heterocycles. The molecular weight excluding hydrogens is 242 g/mol. The van der Waals surface area contributed by atoms with E-state index in [-0.39, 0.29) is 24.5 Å². The van der Waals surface area contributed by atoms with Crippen molar-refractivity contribution in [2.75, 3.05) is 19.8 Å². The lowest BCUT2D eigenvalue weighted by Crippen LogP contribution is -2.38. The van der Waals surface area contributed by atoms with Crippen LogP contribution in [-0.4, -0.2) is 30.8 Å². The molecule has 2 N–H and O–H groups in total. The van der Waals surface area contributed by atoms with Gasteiger partial charge in [-0.1, -0.05) is 31.5 Å². The highest BCUT2D eigenvalue weighted by atomic mass is 16.5. The molecule has 0 fully saturated rings. The van der Waals surface area contributed by atoms with E-state index in [0.29, 0.717) is 6.54 Å². The molecular formula is C15H23NO3. The standard InChI is InChI=1S/C15H23NO3/c1-11-5-6-13(12(2)7-11)19-8-14(18)16-9-15(3,4)10-17/h5-7,17H,8-10H2,1-4H3,(H,16,18). The summed E-state index contributed by atoms with van der Waals surface area (Å²) in [6, 6.07) is 5.84. The van der Waals surface area contributed by atoms with Crippen LogP contribution in [-0.2, 0) is 4.79 Å². The Labute approximate surface area is 114 Å². The van der Waals surface area contributed by atoms with Crippen molar-refractivity contribution in [2.24, 2.45) is 5.41 Å². The summed E-state index contributed by atoms with van der Waals surface area (Å²) < 4.78 is 5.48. The average molecular weight is 265 g/mol. The summed E-state index contributed by atoms with van der Waals surface area (Å²) in [6.07, 6.45) is 0. The fourth-order valence-electron chi connectivity index (χ4n) is 1.55. The SMILES string of the molecule is Cc1ccc(OCC(=O)NCC(C)(C)CO)c(C)c1. The van der Waals surface area contributed by atoms with E-state index in [1.807, 2.05) is 45.9 Å². The molecule has 4 nitrogen and oxygen atoms in total. The van der Waals surface area contributed by atoms with Gasteiger partial charge in [0.15, 0.2) is 6.61 Å². The number of amides is 1. The smallest absolute Gasteiger partial charge is 0.257 e. The minimum absolute atomic E-state index is 0.00852. The highest BCUT2D eigenvalue weighted by Crippen LogP contribution is 2.18. The first kappa shape index (κ1) is 15.5. The molecule has 0 saturated carbocycles. The summed E-state index contributed by atoms with van der Waals surface area (Å²) >= 11 is 0. The molecule has 1 aromatic carbocycles. The second-order valence-corrected chi connectivity index (χ2v) is 5.66. The van der Waals surface area contributed by atoms with E-state index in [4.69, 9.17) is 9.84 Å². The van der Waals surface area contributed by atoms with Gasteiger partial charge >= 0.3 is 0 Å². The Kier molecular flexibility index (Phi) is 5.36. The van der Waals surface area contributed by atoms with Crippen LogP contribution in [0.2, 0.25) is 0 Å². The number of hydrogen-bond acceptors (Lipinski definition) is 3. The van der Waals surface area contributed by atoms with Gasteiger partial charge in [-0.2, -0.15) is 0 Å². The Morgan fingerprint density at radius 1 is 1.37 bits per heavy atom. The number of rotatable bonds is 6. The first-order chi connectivity index (χ1) is 8.84. The van der Waals surface area contributed by atoms with Crippen LogP contribution >= 0.6 is 0 Å². The molecule has 0 radical (unpaired) electrons. The Balaban J connectivity index is 2.42. The van der Waals surface area contributed by atoms with Gasteiger partial charge in [0.25, 0.3) is 5.91 Å². The minimum atomic E-state index is -0.310. The van der Waals surface area contributed by atoms with Crippen LogP contribution in [0.25, 0.3) is 0 Å². The summed E-state index contributed by atoms with van der Waals surface area (Å²) in [5.74, 6) is 0.545. The van der Waals surface area contributed by atoms with Gasteiger partial charge in [0, 0.05) is 18.6 Å². The lowest BCUT2D eigenvalue weighted by Gasteiger charge is -2.21. The van der Waals surface area contributed by atoms with Crippen molar-refractivity contribution in [3.8, 4) is 5.75 Å².